The molecule has 0 atom stereocenters. The minimum absolute atomic E-state index is 0.137. The van der Waals surface area contributed by atoms with Crippen LogP contribution in [0.5, 0.6) is 5.75 Å². The van der Waals surface area contributed by atoms with E-state index in [2.05, 4.69) is 0 Å². The summed E-state index contributed by atoms with van der Waals surface area (Å²) < 4.78 is 5.25. The van der Waals surface area contributed by atoms with Crippen molar-refractivity contribution in [2.24, 2.45) is 5.92 Å². The van der Waals surface area contributed by atoms with Crippen molar-refractivity contribution in [1.29, 1.82) is 0 Å². The molecule has 1 aromatic rings. The first-order valence-electron chi connectivity index (χ1n) is 8.48. The highest BCUT2D eigenvalue weighted by molar-refractivity contribution is 8.18. The molecule has 2 aliphatic rings. The molecule has 0 spiro atoms. The number of benzene rings is 1. The number of carbonyl (C=O) groups is 2. The fraction of sp³-hybridized carbons (Fsp3) is 0.474. The first kappa shape index (κ1) is 17.1. The minimum Gasteiger partial charge on any atom is -0.496 e. The fourth-order valence-electron chi connectivity index (χ4n) is 3.43. The Kier molecular flexibility index (Phi) is 5.29. The minimum atomic E-state index is -0.149. The zero-order valence-electron chi connectivity index (χ0n) is 14.2. The number of nitrogens with zero attached hydrogens (tertiary/aromatic N) is 1. The summed E-state index contributed by atoms with van der Waals surface area (Å²) in [4.78, 5) is 26.8. The lowest BCUT2D eigenvalue weighted by Crippen LogP contribution is -2.34. The lowest BCUT2D eigenvalue weighted by Gasteiger charge is -2.25. The molecule has 128 valence electrons. The highest BCUT2D eigenvalue weighted by atomic mass is 32.2. The Morgan fingerprint density at radius 2 is 2.00 bits per heavy atom. The summed E-state index contributed by atoms with van der Waals surface area (Å²) >= 11 is 1.05. The van der Waals surface area contributed by atoms with Gasteiger partial charge < -0.3 is 4.74 Å². The number of thioether (sulfide) groups is 1. The zero-order chi connectivity index (χ0) is 17.1. The molecule has 1 heterocycles. The second kappa shape index (κ2) is 7.43. The van der Waals surface area contributed by atoms with Crippen LogP contribution in [0, 0.1) is 12.8 Å². The van der Waals surface area contributed by atoms with E-state index in [9.17, 15) is 9.59 Å². The van der Waals surface area contributed by atoms with E-state index in [1.807, 2.05) is 25.1 Å². The van der Waals surface area contributed by atoms with Crippen molar-refractivity contribution < 1.29 is 14.3 Å². The van der Waals surface area contributed by atoms with Gasteiger partial charge in [-0.1, -0.05) is 25.3 Å². The Morgan fingerprint density at radius 3 is 2.67 bits per heavy atom. The van der Waals surface area contributed by atoms with Crippen molar-refractivity contribution in [3.8, 4) is 5.75 Å². The fourth-order valence-corrected chi connectivity index (χ4v) is 4.28. The van der Waals surface area contributed by atoms with Crippen molar-refractivity contribution in [2.75, 3.05) is 13.7 Å². The van der Waals surface area contributed by atoms with E-state index in [0.29, 0.717) is 17.4 Å². The first-order valence-corrected chi connectivity index (χ1v) is 9.30. The van der Waals surface area contributed by atoms with Crippen LogP contribution in [-0.4, -0.2) is 29.7 Å². The van der Waals surface area contributed by atoms with E-state index in [0.717, 1.165) is 41.5 Å². The molecule has 2 fully saturated rings. The topological polar surface area (TPSA) is 46.6 Å². The molecule has 1 aliphatic heterocycles. The molecule has 4 nitrogen and oxygen atoms in total. The maximum Gasteiger partial charge on any atom is 0.293 e. The predicted molar refractivity (Wildman–Crippen MR) is 97.0 cm³/mol. The summed E-state index contributed by atoms with van der Waals surface area (Å²) in [5.41, 5.74) is 1.92. The molecule has 1 saturated carbocycles. The van der Waals surface area contributed by atoms with Crippen LogP contribution in [-0.2, 0) is 4.79 Å². The van der Waals surface area contributed by atoms with E-state index in [-0.39, 0.29) is 11.1 Å². The van der Waals surface area contributed by atoms with Crippen molar-refractivity contribution in [2.45, 2.75) is 39.0 Å². The molecule has 1 aromatic carbocycles. The van der Waals surface area contributed by atoms with Gasteiger partial charge in [-0.2, -0.15) is 0 Å². The number of rotatable bonds is 4. The van der Waals surface area contributed by atoms with E-state index in [4.69, 9.17) is 4.74 Å². The molecule has 0 aromatic heterocycles. The average Bonchev–Trinajstić information content (AvgIpc) is 2.84. The third-order valence-electron chi connectivity index (χ3n) is 4.76. The lowest BCUT2D eigenvalue weighted by molar-refractivity contribution is -0.123. The summed E-state index contributed by atoms with van der Waals surface area (Å²) in [7, 11) is 1.64. The number of ether oxygens (including phenoxy) is 1. The van der Waals surface area contributed by atoms with E-state index in [1.54, 1.807) is 13.2 Å². The highest BCUT2D eigenvalue weighted by Crippen LogP contribution is 2.35. The van der Waals surface area contributed by atoms with Gasteiger partial charge in [-0.3, -0.25) is 14.5 Å². The Hall–Kier alpha value is -1.75. The number of amides is 2. The average molecular weight is 345 g/mol. The molecule has 0 unspecified atom stereocenters. The predicted octanol–water partition coefficient (Wildman–Crippen LogP) is 4.62. The smallest absolute Gasteiger partial charge is 0.293 e. The van der Waals surface area contributed by atoms with Crippen molar-refractivity contribution in [3.05, 3.63) is 34.2 Å². The number of hydrogen-bond acceptors (Lipinski definition) is 4. The van der Waals surface area contributed by atoms with Crippen LogP contribution in [0.4, 0.5) is 4.79 Å². The number of aryl methyl sites for hydroxylation is 1. The summed E-state index contributed by atoms with van der Waals surface area (Å²) in [5, 5.41) is -0.137. The molecule has 5 heteroatoms. The van der Waals surface area contributed by atoms with Gasteiger partial charge in [0, 0.05) is 6.54 Å². The number of carbonyl (C=O) groups excluding carboxylic acids is 2. The van der Waals surface area contributed by atoms with Crippen LogP contribution in [0.15, 0.2) is 23.1 Å². The summed E-state index contributed by atoms with van der Waals surface area (Å²) in [6, 6.07) is 5.75. The largest absolute Gasteiger partial charge is 0.496 e. The third-order valence-corrected chi connectivity index (χ3v) is 5.66. The Morgan fingerprint density at radius 1 is 1.25 bits per heavy atom. The maximum absolute atomic E-state index is 12.6. The van der Waals surface area contributed by atoms with Crippen LogP contribution in [0.2, 0.25) is 0 Å². The van der Waals surface area contributed by atoms with Crippen LogP contribution in [0.25, 0.3) is 6.08 Å². The van der Waals surface area contributed by atoms with Gasteiger partial charge in [0.15, 0.2) is 0 Å². The SMILES string of the molecule is COc1ccc(/C=C2/SC(=O)N(CC3CCCCC3)C2=O)cc1C. The lowest BCUT2D eigenvalue weighted by atomic mass is 9.89. The molecule has 2 amide bonds. The molecule has 1 saturated heterocycles. The van der Waals surface area contributed by atoms with Gasteiger partial charge in [-0.15, -0.1) is 0 Å². The standard InChI is InChI=1S/C19H23NO3S/c1-13-10-15(8-9-16(13)23-2)11-17-18(21)20(19(22)24-17)12-14-6-4-3-5-7-14/h8-11,14H,3-7,12H2,1-2H3/b17-11+. The van der Waals surface area contributed by atoms with E-state index < -0.39 is 0 Å². The molecule has 0 radical (unpaired) electrons. The summed E-state index contributed by atoms with van der Waals surface area (Å²) in [5.74, 6) is 1.14. The van der Waals surface area contributed by atoms with Crippen molar-refractivity contribution in [1.82, 2.24) is 4.90 Å². The van der Waals surface area contributed by atoms with Gasteiger partial charge in [0.1, 0.15) is 5.75 Å². The third kappa shape index (κ3) is 3.66. The second-order valence-electron chi connectivity index (χ2n) is 6.53. The molecular weight excluding hydrogens is 322 g/mol. The first-order chi connectivity index (χ1) is 11.6. The van der Waals surface area contributed by atoms with Crippen molar-refractivity contribution in [3.63, 3.8) is 0 Å². The van der Waals surface area contributed by atoms with Crippen LogP contribution < -0.4 is 4.74 Å². The van der Waals surface area contributed by atoms with E-state index >= 15 is 0 Å². The molecule has 24 heavy (non-hydrogen) atoms. The van der Waals surface area contributed by atoms with Gasteiger partial charge in [-0.25, -0.2) is 0 Å². The Labute approximate surface area is 147 Å². The van der Waals surface area contributed by atoms with E-state index in [1.165, 1.54) is 24.2 Å². The van der Waals surface area contributed by atoms with Crippen LogP contribution >= 0.6 is 11.8 Å². The van der Waals surface area contributed by atoms with Gasteiger partial charge in [0.25, 0.3) is 11.1 Å². The van der Waals surface area contributed by atoms with Gasteiger partial charge in [0.2, 0.25) is 0 Å². The molecular formula is C19H23NO3S. The normalized spacial score (nSPS) is 20.9. The Bertz CT molecular complexity index is 677. The maximum atomic E-state index is 12.6. The summed E-state index contributed by atoms with van der Waals surface area (Å²) in [6.07, 6.45) is 7.74. The molecule has 1 aliphatic carbocycles. The second-order valence-corrected chi connectivity index (χ2v) is 7.52. The quantitative estimate of drug-likeness (QED) is 0.747. The van der Waals surface area contributed by atoms with Gasteiger partial charge in [-0.05, 0) is 66.8 Å². The monoisotopic (exact) mass is 345 g/mol. The number of imide groups is 1. The highest BCUT2D eigenvalue weighted by Gasteiger charge is 2.36. The molecule has 0 N–H and O–H groups in total. The van der Waals surface area contributed by atoms with Crippen LogP contribution in [0.1, 0.15) is 43.2 Å². The van der Waals surface area contributed by atoms with Gasteiger partial charge in [0.05, 0.1) is 12.0 Å². The molecule has 0 bridgehead atoms. The molecule has 3 rings (SSSR count). The van der Waals surface area contributed by atoms with Gasteiger partial charge >= 0.3 is 0 Å². The van der Waals surface area contributed by atoms with Crippen LogP contribution in [0.3, 0.4) is 0 Å². The number of methoxy groups -OCH3 is 1. The summed E-state index contributed by atoms with van der Waals surface area (Å²) in [6.45, 7) is 2.54. The van der Waals surface area contributed by atoms with Crippen molar-refractivity contribution >= 4 is 29.0 Å². The number of hydrogen-bond donors (Lipinski definition) is 0. The Balaban J connectivity index is 1.74. The zero-order valence-corrected chi connectivity index (χ0v) is 15.0.